The number of benzene rings is 2. The van der Waals surface area contributed by atoms with E-state index in [4.69, 9.17) is 33.4 Å². The molecule has 2 rings (SSSR count). The van der Waals surface area contributed by atoms with Crippen molar-refractivity contribution in [2.45, 2.75) is 0 Å². The summed E-state index contributed by atoms with van der Waals surface area (Å²) >= 11 is 11.0. The Bertz CT molecular complexity index is 507. The number of carbonyl (C=O) groups is 1. The maximum atomic E-state index is 10.2. The van der Waals surface area contributed by atoms with E-state index in [1.807, 2.05) is 0 Å². The van der Waals surface area contributed by atoms with Gasteiger partial charge in [-0.05, 0) is 24.3 Å². The molecular weight excluding hydrogens is 275 g/mol. The summed E-state index contributed by atoms with van der Waals surface area (Å²) in [4.78, 5) is 10.2. The van der Waals surface area contributed by atoms with Gasteiger partial charge in [0, 0.05) is 0 Å². The number of hydrogen-bond acceptors (Lipinski definition) is 2. The summed E-state index contributed by atoms with van der Waals surface area (Å²) in [5.74, 6) is -0.934. The molecule has 0 saturated carbocycles. The van der Waals surface area contributed by atoms with E-state index in [-0.39, 0.29) is 15.8 Å². The fraction of sp³-hybridized carbons (Fsp3) is 0. The summed E-state index contributed by atoms with van der Waals surface area (Å²) in [6.07, 6.45) is 0. The first-order valence-corrected chi connectivity index (χ1v) is 5.69. The van der Waals surface area contributed by atoms with Gasteiger partial charge in [-0.15, -0.1) is 0 Å². The highest BCUT2D eigenvalue weighted by Crippen LogP contribution is 2.30. The van der Waals surface area contributed by atoms with Crippen LogP contribution in [0.25, 0.3) is 0 Å². The Labute approximate surface area is 114 Å². The molecular formula is C13H10Cl2O3. The van der Waals surface area contributed by atoms with Crippen LogP contribution in [0.3, 0.4) is 0 Å². The van der Waals surface area contributed by atoms with E-state index in [1.54, 1.807) is 48.5 Å². The smallest absolute Gasteiger partial charge is 0.335 e. The quantitative estimate of drug-likeness (QED) is 0.829. The van der Waals surface area contributed by atoms with E-state index in [0.717, 1.165) is 0 Å². The van der Waals surface area contributed by atoms with Crippen LogP contribution in [0.5, 0.6) is 5.75 Å². The van der Waals surface area contributed by atoms with Crippen LogP contribution in [0, 0.1) is 0 Å². The van der Waals surface area contributed by atoms with Crippen molar-refractivity contribution in [1.82, 2.24) is 0 Å². The Morgan fingerprint density at radius 3 is 1.72 bits per heavy atom. The van der Waals surface area contributed by atoms with Gasteiger partial charge in [0.15, 0.2) is 5.75 Å². The van der Waals surface area contributed by atoms with Crippen LogP contribution in [0.4, 0.5) is 0 Å². The molecule has 0 heterocycles. The third-order valence-corrected chi connectivity index (χ3v) is 2.57. The van der Waals surface area contributed by atoms with Crippen LogP contribution in [0.2, 0.25) is 10.0 Å². The summed E-state index contributed by atoms with van der Waals surface area (Å²) in [7, 11) is 0. The summed E-state index contributed by atoms with van der Waals surface area (Å²) in [6, 6.07) is 13.1. The van der Waals surface area contributed by atoms with Crippen LogP contribution in [-0.4, -0.2) is 16.2 Å². The molecule has 0 unspecified atom stereocenters. The highest BCUT2D eigenvalue weighted by Gasteiger charge is 1.99. The highest BCUT2D eigenvalue weighted by atomic mass is 35.5. The van der Waals surface area contributed by atoms with Crippen molar-refractivity contribution in [3.05, 3.63) is 64.1 Å². The zero-order valence-corrected chi connectivity index (χ0v) is 10.7. The van der Waals surface area contributed by atoms with Crippen molar-refractivity contribution >= 4 is 29.2 Å². The molecule has 2 N–H and O–H groups in total. The lowest BCUT2D eigenvalue weighted by atomic mass is 10.2. The lowest BCUT2D eigenvalue weighted by Crippen LogP contribution is -1.93. The number of phenols is 1. The molecule has 0 fully saturated rings. The fourth-order valence-electron chi connectivity index (χ4n) is 1.07. The van der Waals surface area contributed by atoms with Crippen molar-refractivity contribution in [3.8, 4) is 5.75 Å². The standard InChI is InChI=1S/C7H6O2.C6H4Cl2O/c8-7(9)6-4-2-1-3-5-6;7-4-2-1-3-5(8)6(4)9/h1-5H,(H,8,9);1-3,9H. The van der Waals surface area contributed by atoms with Gasteiger partial charge in [-0.1, -0.05) is 47.5 Å². The Kier molecular flexibility index (Phi) is 5.49. The number of rotatable bonds is 1. The van der Waals surface area contributed by atoms with Crippen LogP contribution in [0.1, 0.15) is 10.4 Å². The largest absolute Gasteiger partial charge is 0.505 e. The van der Waals surface area contributed by atoms with Gasteiger partial charge in [-0.25, -0.2) is 4.79 Å². The van der Waals surface area contributed by atoms with Crippen LogP contribution < -0.4 is 0 Å². The summed E-state index contributed by atoms with van der Waals surface area (Å²) < 4.78 is 0. The number of halogens is 2. The van der Waals surface area contributed by atoms with Crippen molar-refractivity contribution < 1.29 is 15.0 Å². The van der Waals surface area contributed by atoms with E-state index in [0.29, 0.717) is 5.56 Å². The molecule has 18 heavy (non-hydrogen) atoms. The van der Waals surface area contributed by atoms with E-state index < -0.39 is 5.97 Å². The summed E-state index contributed by atoms with van der Waals surface area (Å²) in [5.41, 5.74) is 0.331. The van der Waals surface area contributed by atoms with Gasteiger partial charge < -0.3 is 10.2 Å². The lowest BCUT2D eigenvalue weighted by Gasteiger charge is -1.95. The fourth-order valence-corrected chi connectivity index (χ4v) is 1.47. The Morgan fingerprint density at radius 2 is 1.39 bits per heavy atom. The molecule has 5 heteroatoms. The maximum Gasteiger partial charge on any atom is 0.335 e. The first-order chi connectivity index (χ1) is 8.52. The van der Waals surface area contributed by atoms with Crippen molar-refractivity contribution in [2.24, 2.45) is 0 Å². The zero-order chi connectivity index (χ0) is 13.5. The molecule has 0 amide bonds. The Morgan fingerprint density at radius 1 is 0.889 bits per heavy atom. The van der Waals surface area contributed by atoms with Gasteiger partial charge >= 0.3 is 5.97 Å². The Hall–Kier alpha value is -1.71. The van der Waals surface area contributed by atoms with Gasteiger partial charge in [-0.2, -0.15) is 0 Å². The molecule has 94 valence electrons. The number of aromatic carboxylic acids is 1. The monoisotopic (exact) mass is 284 g/mol. The summed E-state index contributed by atoms with van der Waals surface area (Å²) in [5, 5.41) is 17.9. The topological polar surface area (TPSA) is 57.5 Å². The number of para-hydroxylation sites is 1. The number of carboxylic acids is 1. The molecule has 0 radical (unpaired) electrons. The number of carboxylic acid groups (broad SMARTS) is 1. The molecule has 0 atom stereocenters. The van der Waals surface area contributed by atoms with Gasteiger partial charge in [0.2, 0.25) is 0 Å². The third-order valence-electron chi connectivity index (χ3n) is 1.96. The second kappa shape index (κ2) is 6.89. The number of phenolic OH excluding ortho intramolecular Hbond substituents is 1. The second-order valence-corrected chi connectivity index (χ2v) is 4.06. The molecule has 0 aromatic heterocycles. The van der Waals surface area contributed by atoms with Crippen molar-refractivity contribution in [2.75, 3.05) is 0 Å². The predicted molar refractivity (Wildman–Crippen MR) is 71.5 cm³/mol. The van der Waals surface area contributed by atoms with Crippen molar-refractivity contribution in [3.63, 3.8) is 0 Å². The first-order valence-electron chi connectivity index (χ1n) is 4.93. The minimum Gasteiger partial charge on any atom is -0.505 e. The molecule has 0 spiro atoms. The lowest BCUT2D eigenvalue weighted by molar-refractivity contribution is 0.0697. The normalized spacial score (nSPS) is 9.22. The highest BCUT2D eigenvalue weighted by molar-refractivity contribution is 6.37. The average Bonchev–Trinajstić information content (AvgIpc) is 2.38. The van der Waals surface area contributed by atoms with Crippen molar-refractivity contribution in [1.29, 1.82) is 0 Å². The second-order valence-electron chi connectivity index (χ2n) is 3.24. The Balaban J connectivity index is 0.000000180. The van der Waals surface area contributed by atoms with E-state index in [1.165, 1.54) is 0 Å². The number of hydrogen-bond donors (Lipinski definition) is 2. The average molecular weight is 285 g/mol. The molecule has 0 aliphatic carbocycles. The molecule has 0 saturated heterocycles. The van der Waals surface area contributed by atoms with E-state index in [9.17, 15) is 4.79 Å². The molecule has 0 aliphatic heterocycles. The molecule has 2 aromatic rings. The molecule has 0 aliphatic rings. The summed E-state index contributed by atoms with van der Waals surface area (Å²) in [6.45, 7) is 0. The van der Waals surface area contributed by atoms with Gasteiger partial charge in [-0.3, -0.25) is 0 Å². The molecule has 2 aromatic carbocycles. The molecule has 3 nitrogen and oxygen atoms in total. The van der Waals surface area contributed by atoms with Crippen LogP contribution in [0.15, 0.2) is 48.5 Å². The van der Waals surface area contributed by atoms with Crippen LogP contribution >= 0.6 is 23.2 Å². The van der Waals surface area contributed by atoms with Gasteiger partial charge in [0.25, 0.3) is 0 Å². The van der Waals surface area contributed by atoms with E-state index in [2.05, 4.69) is 0 Å². The van der Waals surface area contributed by atoms with Gasteiger partial charge in [0.1, 0.15) is 0 Å². The third kappa shape index (κ3) is 4.28. The maximum absolute atomic E-state index is 10.2. The van der Waals surface area contributed by atoms with Gasteiger partial charge in [0.05, 0.1) is 15.6 Å². The van der Waals surface area contributed by atoms with E-state index >= 15 is 0 Å². The molecule has 0 bridgehead atoms. The first kappa shape index (κ1) is 14.4. The minimum absolute atomic E-state index is 0.0548. The number of aromatic hydroxyl groups is 1. The minimum atomic E-state index is -0.879. The zero-order valence-electron chi connectivity index (χ0n) is 9.18. The predicted octanol–water partition coefficient (Wildman–Crippen LogP) is 4.08. The SMILES string of the molecule is O=C(O)c1ccccc1.Oc1c(Cl)cccc1Cl. The van der Waals surface area contributed by atoms with Crippen LogP contribution in [-0.2, 0) is 0 Å².